The van der Waals surface area contributed by atoms with Gasteiger partial charge in [-0.25, -0.2) is 4.79 Å². The van der Waals surface area contributed by atoms with Gasteiger partial charge in [-0.1, -0.05) is 0 Å². The number of nitrogens with one attached hydrogen (secondary N) is 2. The van der Waals surface area contributed by atoms with Crippen LogP contribution in [0, 0.1) is 10.1 Å². The minimum atomic E-state index is -4.73. The lowest BCUT2D eigenvalue weighted by Gasteiger charge is -2.15. The monoisotopic (exact) mass is 375 g/mol. The molecule has 1 aromatic carbocycles. The Morgan fingerprint density at radius 1 is 1.38 bits per heavy atom. The van der Waals surface area contributed by atoms with Crippen LogP contribution in [0.4, 0.5) is 24.5 Å². The number of nitrogens with zero attached hydrogens (tertiary/aromatic N) is 1. The molecule has 1 aliphatic rings. The van der Waals surface area contributed by atoms with E-state index in [-0.39, 0.29) is 11.7 Å². The van der Waals surface area contributed by atoms with Gasteiger partial charge < -0.3 is 15.4 Å². The predicted molar refractivity (Wildman–Crippen MR) is 83.3 cm³/mol. The van der Waals surface area contributed by atoms with Crippen LogP contribution in [0.5, 0.6) is 0 Å². The van der Waals surface area contributed by atoms with Crippen molar-refractivity contribution in [1.29, 1.82) is 0 Å². The number of alkyl halides is 3. The number of carbonyl (C=O) groups excluding carboxylic acids is 2. The van der Waals surface area contributed by atoms with Crippen molar-refractivity contribution >= 4 is 23.3 Å². The first-order valence-corrected chi connectivity index (χ1v) is 7.66. The number of hydrogen-bond donors (Lipinski definition) is 2. The molecule has 1 aliphatic carbocycles. The summed E-state index contributed by atoms with van der Waals surface area (Å²) in [4.78, 5) is 33.3. The molecule has 8 nitrogen and oxygen atoms in total. The fraction of sp³-hybridized carbons (Fsp3) is 0.467. The third kappa shape index (κ3) is 5.33. The molecule has 1 fully saturated rings. The number of halogens is 3. The molecule has 1 atom stereocenters. The van der Waals surface area contributed by atoms with E-state index in [4.69, 9.17) is 4.74 Å². The summed E-state index contributed by atoms with van der Waals surface area (Å²) in [5.41, 5.74) is -2.28. The molecule has 142 valence electrons. The number of nitro groups is 1. The fourth-order valence-corrected chi connectivity index (χ4v) is 2.03. The zero-order chi connectivity index (χ0) is 19.5. The summed E-state index contributed by atoms with van der Waals surface area (Å²) in [6.45, 7) is 0.805. The van der Waals surface area contributed by atoms with Gasteiger partial charge in [-0.05, 0) is 31.9 Å². The molecule has 0 bridgehead atoms. The summed E-state index contributed by atoms with van der Waals surface area (Å²) in [5, 5.41) is 16.0. The lowest BCUT2D eigenvalue weighted by atomic mass is 10.1. The first kappa shape index (κ1) is 19.5. The van der Waals surface area contributed by atoms with Crippen LogP contribution in [0.2, 0.25) is 0 Å². The Kier molecular flexibility index (Phi) is 5.68. The van der Waals surface area contributed by atoms with E-state index in [1.807, 2.05) is 0 Å². The number of amides is 1. The van der Waals surface area contributed by atoms with Crippen LogP contribution in [0.15, 0.2) is 18.2 Å². The van der Waals surface area contributed by atoms with Crippen molar-refractivity contribution in [2.24, 2.45) is 0 Å². The van der Waals surface area contributed by atoms with E-state index >= 15 is 0 Å². The number of rotatable bonds is 7. The van der Waals surface area contributed by atoms with Crippen molar-refractivity contribution < 1.29 is 32.4 Å². The van der Waals surface area contributed by atoms with Crippen LogP contribution in [-0.4, -0.2) is 35.5 Å². The summed E-state index contributed by atoms with van der Waals surface area (Å²) in [7, 11) is 0. The second-order valence-electron chi connectivity index (χ2n) is 5.80. The van der Waals surface area contributed by atoms with Gasteiger partial charge in [0.1, 0.15) is 11.7 Å². The van der Waals surface area contributed by atoms with E-state index in [1.165, 1.54) is 6.92 Å². The molecule has 2 N–H and O–H groups in total. The highest BCUT2D eigenvalue weighted by Crippen LogP contribution is 2.35. The quantitative estimate of drug-likeness (QED) is 0.430. The van der Waals surface area contributed by atoms with Crippen molar-refractivity contribution in [3.63, 3.8) is 0 Å². The first-order valence-electron chi connectivity index (χ1n) is 7.66. The summed E-state index contributed by atoms with van der Waals surface area (Å²) in [6.07, 6.45) is -2.99. The zero-order valence-electron chi connectivity index (χ0n) is 13.6. The number of carbonyl (C=O) groups is 2. The number of anilines is 1. The molecule has 0 heterocycles. The Bertz CT molecular complexity index is 719. The molecule has 26 heavy (non-hydrogen) atoms. The maximum atomic E-state index is 12.7. The number of benzene rings is 1. The predicted octanol–water partition coefficient (Wildman–Crippen LogP) is 2.24. The van der Waals surface area contributed by atoms with Gasteiger partial charge in [0.05, 0.1) is 10.5 Å². The van der Waals surface area contributed by atoms with Gasteiger partial charge in [-0.2, -0.15) is 13.2 Å². The number of nitro benzene ring substituents is 1. The van der Waals surface area contributed by atoms with E-state index < -0.39 is 46.9 Å². The molecule has 1 amide bonds. The Labute approximate surface area is 145 Å². The molecule has 1 aromatic rings. The van der Waals surface area contributed by atoms with E-state index in [9.17, 15) is 32.9 Å². The van der Waals surface area contributed by atoms with E-state index in [1.54, 1.807) is 0 Å². The number of esters is 1. The molecule has 0 spiro atoms. The highest BCUT2D eigenvalue weighted by atomic mass is 19.4. The van der Waals surface area contributed by atoms with Crippen molar-refractivity contribution in [3.05, 3.63) is 33.9 Å². The Morgan fingerprint density at radius 3 is 2.58 bits per heavy atom. The molecular formula is C15H16F3N3O5. The second-order valence-corrected chi connectivity index (χ2v) is 5.80. The SMILES string of the molecule is C[C@H](Nc1ccc(C(F)(F)F)cc1[N+](=O)[O-])C(=O)OCC(=O)NC1CC1. The van der Waals surface area contributed by atoms with Crippen molar-refractivity contribution in [1.82, 2.24) is 5.32 Å². The fourth-order valence-electron chi connectivity index (χ4n) is 2.03. The number of ether oxygens (including phenoxy) is 1. The first-order chi connectivity index (χ1) is 12.1. The highest BCUT2D eigenvalue weighted by Gasteiger charge is 2.33. The van der Waals surface area contributed by atoms with Gasteiger partial charge in [-0.15, -0.1) is 0 Å². The molecule has 11 heteroatoms. The minimum Gasteiger partial charge on any atom is -0.454 e. The van der Waals surface area contributed by atoms with Crippen molar-refractivity contribution in [2.75, 3.05) is 11.9 Å². The van der Waals surface area contributed by atoms with E-state index in [0.717, 1.165) is 18.9 Å². The smallest absolute Gasteiger partial charge is 0.416 e. The van der Waals surface area contributed by atoms with Crippen molar-refractivity contribution in [3.8, 4) is 0 Å². The molecule has 0 saturated heterocycles. The average molecular weight is 375 g/mol. The van der Waals surface area contributed by atoms with Crippen LogP contribution >= 0.6 is 0 Å². The van der Waals surface area contributed by atoms with Crippen LogP contribution in [0.25, 0.3) is 0 Å². The van der Waals surface area contributed by atoms with Gasteiger partial charge >= 0.3 is 12.1 Å². The van der Waals surface area contributed by atoms with Crippen LogP contribution < -0.4 is 10.6 Å². The highest BCUT2D eigenvalue weighted by molar-refractivity contribution is 5.84. The third-order valence-corrected chi connectivity index (χ3v) is 3.54. The molecule has 0 radical (unpaired) electrons. The maximum absolute atomic E-state index is 12.7. The van der Waals surface area contributed by atoms with E-state index in [0.29, 0.717) is 12.1 Å². The normalized spacial score (nSPS) is 15.1. The standard InChI is InChI=1S/C15H16F3N3O5/c1-8(14(23)26-7-13(22)20-10-3-4-10)19-11-5-2-9(15(16,17)18)6-12(11)21(24)25/h2,5-6,8,10,19H,3-4,7H2,1H3,(H,20,22)/t8-/m0/s1. The lowest BCUT2D eigenvalue weighted by Crippen LogP contribution is -2.34. The number of hydrogen-bond acceptors (Lipinski definition) is 6. The molecule has 0 aromatic heterocycles. The zero-order valence-corrected chi connectivity index (χ0v) is 13.6. The lowest BCUT2D eigenvalue weighted by molar-refractivity contribution is -0.384. The third-order valence-electron chi connectivity index (χ3n) is 3.54. The van der Waals surface area contributed by atoms with Crippen LogP contribution in [-0.2, 0) is 20.5 Å². The molecule has 1 saturated carbocycles. The Morgan fingerprint density at radius 2 is 2.04 bits per heavy atom. The van der Waals surface area contributed by atoms with Gasteiger partial charge in [0, 0.05) is 12.1 Å². The summed E-state index contributed by atoms with van der Waals surface area (Å²) >= 11 is 0. The van der Waals surface area contributed by atoms with Gasteiger partial charge in [0.25, 0.3) is 11.6 Å². The average Bonchev–Trinajstić information content (AvgIpc) is 3.35. The van der Waals surface area contributed by atoms with Crippen molar-refractivity contribution in [2.45, 2.75) is 38.0 Å². The summed E-state index contributed by atoms with van der Waals surface area (Å²) in [5.74, 6) is -1.33. The van der Waals surface area contributed by atoms with Crippen LogP contribution in [0.1, 0.15) is 25.3 Å². The topological polar surface area (TPSA) is 111 Å². The summed E-state index contributed by atoms with van der Waals surface area (Å²) in [6, 6.07) is 0.899. The second kappa shape index (κ2) is 7.58. The molecule has 0 aliphatic heterocycles. The largest absolute Gasteiger partial charge is 0.454 e. The van der Waals surface area contributed by atoms with Gasteiger partial charge in [-0.3, -0.25) is 14.9 Å². The molecule has 0 unspecified atom stereocenters. The Balaban J connectivity index is 2.00. The summed E-state index contributed by atoms with van der Waals surface area (Å²) < 4.78 is 42.8. The van der Waals surface area contributed by atoms with Gasteiger partial charge in [0.2, 0.25) is 0 Å². The van der Waals surface area contributed by atoms with Gasteiger partial charge in [0.15, 0.2) is 6.61 Å². The molecular weight excluding hydrogens is 359 g/mol. The van der Waals surface area contributed by atoms with Crippen LogP contribution in [0.3, 0.4) is 0 Å². The molecule has 2 rings (SSSR count). The maximum Gasteiger partial charge on any atom is 0.416 e. The minimum absolute atomic E-state index is 0.103. The Hall–Kier alpha value is -2.85. The van der Waals surface area contributed by atoms with E-state index in [2.05, 4.69) is 10.6 Å².